The first-order chi connectivity index (χ1) is 8.01. The lowest BCUT2D eigenvalue weighted by molar-refractivity contribution is 0.155. The Kier molecular flexibility index (Phi) is 5.61. The Balaban J connectivity index is 2.13. The third kappa shape index (κ3) is 6.41. The average Bonchev–Trinajstić information content (AvgIpc) is 2.64. The molecule has 1 heterocycles. The molecule has 17 heavy (non-hydrogen) atoms. The van der Waals surface area contributed by atoms with Crippen LogP contribution in [0.1, 0.15) is 32.2 Å². The maximum atomic E-state index is 5.09. The van der Waals surface area contributed by atoms with Gasteiger partial charge in [0.1, 0.15) is 6.61 Å². The van der Waals surface area contributed by atoms with Gasteiger partial charge in [0.05, 0.1) is 5.69 Å². The number of ether oxygens (including phenoxy) is 1. The lowest BCUT2D eigenvalue weighted by atomic mass is 10.1. The van der Waals surface area contributed by atoms with Crippen LogP contribution in [0, 0.1) is 0 Å². The highest BCUT2D eigenvalue weighted by molar-refractivity contribution is 5.04. The highest BCUT2D eigenvalue weighted by Crippen LogP contribution is 2.04. The van der Waals surface area contributed by atoms with E-state index in [0.717, 1.165) is 31.1 Å². The van der Waals surface area contributed by atoms with Gasteiger partial charge in [-0.1, -0.05) is 5.16 Å². The Bertz CT molecular complexity index is 318. The van der Waals surface area contributed by atoms with E-state index in [1.165, 1.54) is 0 Å². The Hall–Kier alpha value is -0.910. The zero-order valence-electron chi connectivity index (χ0n) is 11.2. The SMILES string of the molecule is COCc1cc(CNCCNC(C)(C)C)no1. The van der Waals surface area contributed by atoms with Crippen molar-refractivity contribution in [2.75, 3.05) is 20.2 Å². The van der Waals surface area contributed by atoms with Crippen molar-refractivity contribution in [3.63, 3.8) is 0 Å². The molecule has 2 N–H and O–H groups in total. The predicted molar refractivity (Wildman–Crippen MR) is 66.7 cm³/mol. The Morgan fingerprint density at radius 3 is 2.76 bits per heavy atom. The zero-order valence-corrected chi connectivity index (χ0v) is 11.2. The summed E-state index contributed by atoms with van der Waals surface area (Å²) in [6.45, 7) is 9.50. The van der Waals surface area contributed by atoms with Gasteiger partial charge in [-0.25, -0.2) is 0 Å². The van der Waals surface area contributed by atoms with Gasteiger partial charge in [-0.15, -0.1) is 0 Å². The minimum absolute atomic E-state index is 0.168. The molecule has 0 atom stereocenters. The normalized spacial score (nSPS) is 12.0. The first-order valence-corrected chi connectivity index (χ1v) is 5.90. The molecule has 0 bridgehead atoms. The predicted octanol–water partition coefficient (Wildman–Crippen LogP) is 1.30. The summed E-state index contributed by atoms with van der Waals surface area (Å²) in [5, 5.41) is 10.7. The Labute approximate surface area is 103 Å². The number of aromatic nitrogens is 1. The quantitative estimate of drug-likeness (QED) is 0.705. The van der Waals surface area contributed by atoms with Crippen LogP contribution in [0.2, 0.25) is 0 Å². The van der Waals surface area contributed by atoms with Gasteiger partial charge in [-0.05, 0) is 20.8 Å². The van der Waals surface area contributed by atoms with Crippen LogP contribution >= 0.6 is 0 Å². The number of methoxy groups -OCH3 is 1. The van der Waals surface area contributed by atoms with Crippen LogP contribution in [-0.4, -0.2) is 30.9 Å². The van der Waals surface area contributed by atoms with Gasteiger partial charge in [0.15, 0.2) is 5.76 Å². The molecule has 0 aliphatic heterocycles. The summed E-state index contributed by atoms with van der Waals surface area (Å²) in [4.78, 5) is 0. The zero-order chi connectivity index (χ0) is 12.7. The smallest absolute Gasteiger partial charge is 0.162 e. The summed E-state index contributed by atoms with van der Waals surface area (Å²) in [5.41, 5.74) is 1.08. The average molecular weight is 241 g/mol. The maximum absolute atomic E-state index is 5.09. The van der Waals surface area contributed by atoms with E-state index < -0.39 is 0 Å². The van der Waals surface area contributed by atoms with Gasteiger partial charge >= 0.3 is 0 Å². The molecule has 1 rings (SSSR count). The molecule has 98 valence electrons. The van der Waals surface area contributed by atoms with Crippen molar-refractivity contribution in [1.29, 1.82) is 0 Å². The maximum Gasteiger partial charge on any atom is 0.162 e. The van der Waals surface area contributed by atoms with Crippen molar-refractivity contribution in [1.82, 2.24) is 15.8 Å². The van der Waals surface area contributed by atoms with Crippen LogP contribution in [0.5, 0.6) is 0 Å². The second-order valence-corrected chi connectivity index (χ2v) is 5.07. The topological polar surface area (TPSA) is 59.3 Å². The minimum atomic E-state index is 0.168. The van der Waals surface area contributed by atoms with Crippen molar-refractivity contribution in [2.24, 2.45) is 0 Å². The van der Waals surface area contributed by atoms with Crippen molar-refractivity contribution < 1.29 is 9.26 Å². The van der Waals surface area contributed by atoms with E-state index in [0.29, 0.717) is 6.61 Å². The van der Waals surface area contributed by atoms with Gasteiger partial charge in [-0.2, -0.15) is 0 Å². The van der Waals surface area contributed by atoms with Gasteiger partial charge in [-0.3, -0.25) is 0 Å². The van der Waals surface area contributed by atoms with Crippen molar-refractivity contribution >= 4 is 0 Å². The van der Waals surface area contributed by atoms with Gasteiger partial charge in [0.25, 0.3) is 0 Å². The Morgan fingerprint density at radius 2 is 2.12 bits per heavy atom. The summed E-state index contributed by atoms with van der Waals surface area (Å²) in [5.74, 6) is 0.761. The summed E-state index contributed by atoms with van der Waals surface area (Å²) in [6, 6.07) is 1.91. The van der Waals surface area contributed by atoms with E-state index >= 15 is 0 Å². The van der Waals surface area contributed by atoms with Crippen molar-refractivity contribution in [3.05, 3.63) is 17.5 Å². The second-order valence-electron chi connectivity index (χ2n) is 5.07. The number of hydrogen-bond donors (Lipinski definition) is 2. The first kappa shape index (κ1) is 14.2. The van der Waals surface area contributed by atoms with E-state index in [2.05, 4.69) is 36.6 Å². The molecule has 1 aromatic rings. The minimum Gasteiger partial charge on any atom is -0.377 e. The van der Waals surface area contributed by atoms with Crippen LogP contribution < -0.4 is 10.6 Å². The number of nitrogens with zero attached hydrogens (tertiary/aromatic N) is 1. The Morgan fingerprint density at radius 1 is 1.35 bits per heavy atom. The van der Waals surface area contributed by atoms with Gasteiger partial charge in [0, 0.05) is 38.3 Å². The molecule has 0 saturated heterocycles. The summed E-state index contributed by atoms with van der Waals surface area (Å²) in [7, 11) is 1.64. The molecule has 0 amide bonds. The highest BCUT2D eigenvalue weighted by Gasteiger charge is 2.07. The van der Waals surface area contributed by atoms with Crippen LogP contribution in [0.4, 0.5) is 0 Å². The van der Waals surface area contributed by atoms with Crippen molar-refractivity contribution in [3.8, 4) is 0 Å². The second kappa shape index (κ2) is 6.74. The molecular weight excluding hydrogens is 218 g/mol. The fourth-order valence-corrected chi connectivity index (χ4v) is 1.39. The summed E-state index contributed by atoms with van der Waals surface area (Å²) < 4.78 is 10.0. The van der Waals surface area contributed by atoms with E-state index in [4.69, 9.17) is 9.26 Å². The van der Waals surface area contributed by atoms with Gasteiger partial charge < -0.3 is 19.9 Å². The molecule has 0 aliphatic carbocycles. The van der Waals surface area contributed by atoms with Crippen LogP contribution in [0.15, 0.2) is 10.6 Å². The number of hydrogen-bond acceptors (Lipinski definition) is 5. The monoisotopic (exact) mass is 241 g/mol. The molecule has 0 radical (unpaired) electrons. The fourth-order valence-electron chi connectivity index (χ4n) is 1.39. The van der Waals surface area contributed by atoms with E-state index in [9.17, 15) is 0 Å². The fraction of sp³-hybridized carbons (Fsp3) is 0.750. The molecule has 0 unspecified atom stereocenters. The number of rotatable bonds is 7. The third-order valence-corrected chi connectivity index (χ3v) is 2.16. The largest absolute Gasteiger partial charge is 0.377 e. The van der Waals surface area contributed by atoms with Crippen LogP contribution in [0.3, 0.4) is 0 Å². The van der Waals surface area contributed by atoms with E-state index in [-0.39, 0.29) is 5.54 Å². The third-order valence-electron chi connectivity index (χ3n) is 2.16. The van der Waals surface area contributed by atoms with Crippen LogP contribution in [-0.2, 0) is 17.9 Å². The molecule has 0 aromatic carbocycles. The van der Waals surface area contributed by atoms with Gasteiger partial charge in [0.2, 0.25) is 0 Å². The summed E-state index contributed by atoms with van der Waals surface area (Å²) in [6.07, 6.45) is 0. The van der Waals surface area contributed by atoms with E-state index in [1.807, 2.05) is 6.07 Å². The molecule has 0 saturated carbocycles. The van der Waals surface area contributed by atoms with Crippen LogP contribution in [0.25, 0.3) is 0 Å². The standard InChI is InChI=1S/C12H23N3O2/c1-12(2,3)14-6-5-13-8-10-7-11(9-16-4)17-15-10/h7,13-14H,5-6,8-9H2,1-4H3. The lowest BCUT2D eigenvalue weighted by Gasteiger charge is -2.20. The molecule has 5 nitrogen and oxygen atoms in total. The molecule has 0 aliphatic rings. The molecule has 0 spiro atoms. The first-order valence-electron chi connectivity index (χ1n) is 5.90. The van der Waals surface area contributed by atoms with Crippen molar-refractivity contribution in [2.45, 2.75) is 39.5 Å². The molecule has 5 heteroatoms. The number of nitrogens with one attached hydrogen (secondary N) is 2. The molecule has 0 fully saturated rings. The van der Waals surface area contributed by atoms with E-state index in [1.54, 1.807) is 7.11 Å². The molecular formula is C12H23N3O2. The lowest BCUT2D eigenvalue weighted by Crippen LogP contribution is -2.40. The highest BCUT2D eigenvalue weighted by atomic mass is 16.5. The summed E-state index contributed by atoms with van der Waals surface area (Å²) >= 11 is 0. The molecule has 1 aromatic heterocycles.